The normalized spacial score (nSPS) is 6.25. The molecule has 0 fully saturated rings. The van der Waals surface area contributed by atoms with Crippen LogP contribution in [0.25, 0.3) is 0 Å². The minimum Gasteiger partial charge on any atom is -0.522 e. The zero-order chi connectivity index (χ0) is 7.82. The van der Waals surface area contributed by atoms with E-state index in [4.69, 9.17) is 4.74 Å². The Morgan fingerprint density at radius 2 is 1.67 bits per heavy atom. The molecule has 0 saturated heterocycles. The molecule has 1 aromatic carbocycles. The van der Waals surface area contributed by atoms with Crippen LogP contribution in [0.1, 0.15) is 6.92 Å². The summed E-state index contributed by atoms with van der Waals surface area (Å²) in [5.74, 6) is 0.878. The van der Waals surface area contributed by atoms with Gasteiger partial charge in [0.2, 0.25) is 0 Å². The van der Waals surface area contributed by atoms with Crippen LogP contribution < -0.4 is 4.74 Å². The molecule has 12 heavy (non-hydrogen) atoms. The smallest absolute Gasteiger partial charge is 0.522 e. The molecule has 0 aromatic heterocycles. The van der Waals surface area contributed by atoms with Crippen LogP contribution in [-0.2, 0) is 0 Å². The van der Waals surface area contributed by atoms with Gasteiger partial charge < -0.3 is 11.7 Å². The van der Waals surface area contributed by atoms with Gasteiger partial charge in [-0.1, -0.05) is 0 Å². The van der Waals surface area contributed by atoms with Crippen molar-refractivity contribution >= 4 is 40.0 Å². The summed E-state index contributed by atoms with van der Waals surface area (Å²) in [5, 5.41) is 0. The van der Waals surface area contributed by atoms with Gasteiger partial charge in [0.25, 0.3) is 0 Å². The maximum atomic E-state index is 4.89. The van der Waals surface area contributed by atoms with Crippen molar-refractivity contribution in [1.29, 1.82) is 0 Å². The summed E-state index contributed by atoms with van der Waals surface area (Å²) in [5.41, 5.74) is 0. The Kier molecular flexibility index (Phi) is 20.9. The Morgan fingerprint density at radius 1 is 1.25 bits per heavy atom. The molecule has 0 heterocycles. The third kappa shape index (κ3) is 8.36. The molecular formula is C9H13BrMgO. The van der Waals surface area contributed by atoms with Crippen LogP contribution in [0, 0.1) is 13.0 Å². The molecule has 1 nitrogen and oxygen atoms in total. The summed E-state index contributed by atoms with van der Waals surface area (Å²) in [6.45, 7) is 5.00. The van der Waals surface area contributed by atoms with Crippen LogP contribution in [0.5, 0.6) is 5.75 Å². The van der Waals surface area contributed by atoms with E-state index in [-0.39, 0.29) is 40.0 Å². The van der Waals surface area contributed by atoms with Gasteiger partial charge in [0.15, 0.2) is 0 Å². The largest absolute Gasteiger partial charge is 2.00 e. The topological polar surface area (TPSA) is 9.23 Å². The van der Waals surface area contributed by atoms with Crippen molar-refractivity contribution in [3.63, 3.8) is 0 Å². The van der Waals surface area contributed by atoms with Crippen molar-refractivity contribution in [2.24, 2.45) is 0 Å². The third-order valence-electron chi connectivity index (χ3n) is 0.923. The fourth-order valence-corrected chi connectivity index (χ4v) is 0.508. The molecule has 0 aliphatic rings. The summed E-state index contributed by atoms with van der Waals surface area (Å²) < 4.78 is 4.89. The van der Waals surface area contributed by atoms with Gasteiger partial charge in [0.1, 0.15) is 0 Å². The molecule has 0 N–H and O–H groups in total. The van der Waals surface area contributed by atoms with Crippen molar-refractivity contribution in [2.45, 2.75) is 6.92 Å². The second-order valence-electron chi connectivity index (χ2n) is 1.44. The third-order valence-corrected chi connectivity index (χ3v) is 0.923. The minimum atomic E-state index is 0. The molecule has 1 aromatic rings. The summed E-state index contributed by atoms with van der Waals surface area (Å²) in [4.78, 5) is 0. The number of rotatable bonds is 1. The van der Waals surface area contributed by atoms with Gasteiger partial charge in [0, 0.05) is 5.75 Å². The number of ether oxygens (including phenoxy) is 1. The molecule has 64 valence electrons. The second kappa shape index (κ2) is 13.8. The number of hydrogen-bond acceptors (Lipinski definition) is 1. The Bertz CT molecular complexity index is 156. The number of benzene rings is 1. The van der Waals surface area contributed by atoms with E-state index >= 15 is 0 Å². The fourth-order valence-electron chi connectivity index (χ4n) is 0.508. The predicted octanol–water partition coefficient (Wildman–Crippen LogP) is 2.53. The second-order valence-corrected chi connectivity index (χ2v) is 1.44. The van der Waals surface area contributed by atoms with E-state index in [0.717, 1.165) is 5.75 Å². The van der Waals surface area contributed by atoms with Crippen molar-refractivity contribution in [3.05, 3.63) is 37.3 Å². The van der Waals surface area contributed by atoms with Crippen LogP contribution in [-0.4, -0.2) is 30.2 Å². The molecule has 0 amide bonds. The van der Waals surface area contributed by atoms with Crippen molar-refractivity contribution in [1.82, 2.24) is 0 Å². The zero-order valence-corrected chi connectivity index (χ0v) is 10.7. The monoisotopic (exact) mass is 240 g/mol. The van der Waals surface area contributed by atoms with Crippen molar-refractivity contribution < 1.29 is 4.74 Å². The number of halogens is 1. The van der Waals surface area contributed by atoms with E-state index in [1.807, 2.05) is 24.3 Å². The van der Waals surface area contributed by atoms with Gasteiger partial charge in [-0.2, -0.15) is 25.1 Å². The van der Waals surface area contributed by atoms with E-state index in [0.29, 0.717) is 0 Å². The SMILES string of the molecule is Br.COc1cc[c-]cc1.[CH2-]C.[Mg+2]. The molecule has 0 aliphatic heterocycles. The molecule has 0 unspecified atom stereocenters. The van der Waals surface area contributed by atoms with E-state index in [9.17, 15) is 0 Å². The average molecular weight is 241 g/mol. The van der Waals surface area contributed by atoms with Gasteiger partial charge in [-0.25, -0.2) is 0 Å². The van der Waals surface area contributed by atoms with Gasteiger partial charge in [-0.15, -0.1) is 29.1 Å². The molecular weight excluding hydrogens is 228 g/mol. The van der Waals surface area contributed by atoms with E-state index < -0.39 is 0 Å². The Morgan fingerprint density at radius 3 is 1.92 bits per heavy atom. The summed E-state index contributed by atoms with van der Waals surface area (Å²) in [6, 6.07) is 10.2. The van der Waals surface area contributed by atoms with Gasteiger partial charge >= 0.3 is 23.1 Å². The van der Waals surface area contributed by atoms with E-state index in [1.165, 1.54) is 0 Å². The van der Waals surface area contributed by atoms with Crippen LogP contribution in [0.2, 0.25) is 0 Å². The first-order valence-electron chi connectivity index (χ1n) is 3.14. The molecule has 0 radical (unpaired) electrons. The zero-order valence-electron chi connectivity index (χ0n) is 7.54. The number of hydrogen-bond donors (Lipinski definition) is 0. The molecule has 0 atom stereocenters. The van der Waals surface area contributed by atoms with E-state index in [2.05, 4.69) is 13.0 Å². The van der Waals surface area contributed by atoms with Gasteiger partial charge in [0.05, 0.1) is 7.11 Å². The molecule has 1 rings (SSSR count). The molecule has 0 aliphatic carbocycles. The van der Waals surface area contributed by atoms with Crippen molar-refractivity contribution in [3.8, 4) is 5.75 Å². The average Bonchev–Trinajstić information content (AvgIpc) is 2.10. The molecule has 0 bridgehead atoms. The maximum absolute atomic E-state index is 4.89. The van der Waals surface area contributed by atoms with Crippen LogP contribution >= 0.6 is 17.0 Å². The quantitative estimate of drug-likeness (QED) is 0.542. The Labute approximate surface area is 101 Å². The first-order chi connectivity index (χ1) is 4.93. The van der Waals surface area contributed by atoms with Crippen LogP contribution in [0.4, 0.5) is 0 Å². The standard InChI is InChI=1S/C7H7O.C2H5.BrH.Mg/c1-8-7-5-3-2-4-6-7;1-2;;/h3-6H,1H3;1H2,2H3;1H;/q2*-1;;+2. The first kappa shape index (κ1) is 18.1. The van der Waals surface area contributed by atoms with Gasteiger partial charge in [-0.3, -0.25) is 0 Å². The van der Waals surface area contributed by atoms with E-state index in [1.54, 1.807) is 14.0 Å². The van der Waals surface area contributed by atoms with Crippen LogP contribution in [0.3, 0.4) is 0 Å². The number of methoxy groups -OCH3 is 1. The van der Waals surface area contributed by atoms with Crippen LogP contribution in [0.15, 0.2) is 24.3 Å². The first-order valence-corrected chi connectivity index (χ1v) is 3.14. The predicted molar refractivity (Wildman–Crippen MR) is 58.9 cm³/mol. The Hall–Kier alpha value is 0.266. The molecule has 3 heteroatoms. The van der Waals surface area contributed by atoms with Crippen molar-refractivity contribution in [2.75, 3.05) is 7.11 Å². The van der Waals surface area contributed by atoms with Gasteiger partial charge in [-0.05, 0) is 0 Å². The minimum absolute atomic E-state index is 0. The summed E-state index contributed by atoms with van der Waals surface area (Å²) >= 11 is 0. The molecule has 0 spiro atoms. The maximum Gasteiger partial charge on any atom is 2.00 e. The summed E-state index contributed by atoms with van der Waals surface area (Å²) in [6.07, 6.45) is 0. The molecule has 0 saturated carbocycles. The Balaban J connectivity index is -0.000000189. The fraction of sp³-hybridized carbons (Fsp3) is 0.222. The summed E-state index contributed by atoms with van der Waals surface area (Å²) in [7, 11) is 1.65.